The molecular weight excluding hydrogens is 164 g/mol. The summed E-state index contributed by atoms with van der Waals surface area (Å²) in [4.78, 5) is 0. The Morgan fingerprint density at radius 1 is 1.15 bits per heavy atom. The normalized spacial score (nSPS) is 18.5. The summed E-state index contributed by atoms with van der Waals surface area (Å²) < 4.78 is 10.9. The van der Waals surface area contributed by atoms with Gasteiger partial charge in [-0.15, -0.1) is 0 Å². The third-order valence-electron chi connectivity index (χ3n) is 1.65. The lowest BCUT2D eigenvalue weighted by molar-refractivity contribution is 0.104. The molecule has 2 heteroatoms. The third kappa shape index (κ3) is 2.38. The highest BCUT2D eigenvalue weighted by atomic mass is 16.6. The van der Waals surface area contributed by atoms with Gasteiger partial charge in [0.2, 0.25) is 0 Å². The summed E-state index contributed by atoms with van der Waals surface area (Å²) in [7, 11) is 0. The number of benzene rings is 1. The van der Waals surface area contributed by atoms with E-state index in [1.165, 1.54) is 0 Å². The Labute approximate surface area is 79.5 Å². The second-order valence-corrected chi connectivity index (χ2v) is 2.69. The Morgan fingerprint density at radius 3 is 2.46 bits per heavy atom. The molecule has 0 radical (unpaired) electrons. The van der Waals surface area contributed by atoms with E-state index in [1.807, 2.05) is 45.0 Å². The van der Waals surface area contributed by atoms with E-state index >= 15 is 0 Å². The summed E-state index contributed by atoms with van der Waals surface area (Å²) >= 11 is 0. The molecule has 1 atom stereocenters. The summed E-state index contributed by atoms with van der Waals surface area (Å²) in [6, 6.07) is 7.73. The van der Waals surface area contributed by atoms with Crippen LogP contribution < -0.4 is 9.47 Å². The molecule has 0 fully saturated rings. The van der Waals surface area contributed by atoms with Gasteiger partial charge in [0.15, 0.2) is 11.5 Å². The topological polar surface area (TPSA) is 18.5 Å². The average Bonchev–Trinajstić information content (AvgIpc) is 2.21. The molecule has 0 spiro atoms. The molecule has 0 saturated carbocycles. The Morgan fingerprint density at radius 2 is 1.77 bits per heavy atom. The van der Waals surface area contributed by atoms with Crippen LogP contribution in [0, 0.1) is 0 Å². The number of rotatable bonds is 0. The molecule has 0 amide bonds. The molecule has 1 aliphatic heterocycles. The molecule has 0 aliphatic carbocycles. The van der Waals surface area contributed by atoms with Crippen molar-refractivity contribution in [2.24, 2.45) is 0 Å². The zero-order valence-electron chi connectivity index (χ0n) is 8.41. The third-order valence-corrected chi connectivity index (χ3v) is 1.65. The lowest BCUT2D eigenvalue weighted by Crippen LogP contribution is -2.25. The van der Waals surface area contributed by atoms with Crippen LogP contribution in [0.1, 0.15) is 20.8 Å². The van der Waals surface area contributed by atoms with Crippen molar-refractivity contribution < 1.29 is 9.47 Å². The van der Waals surface area contributed by atoms with Crippen molar-refractivity contribution in [3.63, 3.8) is 0 Å². The molecule has 1 aromatic rings. The molecule has 0 aromatic heterocycles. The van der Waals surface area contributed by atoms with Crippen molar-refractivity contribution in [1.82, 2.24) is 0 Å². The van der Waals surface area contributed by atoms with Crippen LogP contribution in [0.4, 0.5) is 0 Å². The molecule has 2 nitrogen and oxygen atoms in total. The highest BCUT2D eigenvalue weighted by Gasteiger charge is 2.15. The quantitative estimate of drug-likeness (QED) is 0.611. The van der Waals surface area contributed by atoms with Crippen LogP contribution in [0.5, 0.6) is 11.5 Å². The van der Waals surface area contributed by atoms with Gasteiger partial charge >= 0.3 is 0 Å². The summed E-state index contributed by atoms with van der Waals surface area (Å²) in [5, 5.41) is 0. The summed E-state index contributed by atoms with van der Waals surface area (Å²) in [5.74, 6) is 1.71. The van der Waals surface area contributed by atoms with Gasteiger partial charge in [-0.25, -0.2) is 0 Å². The maximum atomic E-state index is 5.51. The zero-order chi connectivity index (χ0) is 9.68. The van der Waals surface area contributed by atoms with Crippen molar-refractivity contribution >= 4 is 0 Å². The van der Waals surface area contributed by atoms with E-state index in [2.05, 4.69) is 0 Å². The standard InChI is InChI=1S/C9H10O2.C2H6/c1-7-6-10-8-4-2-3-5-9(8)11-7;1-2/h2-5,7H,6H2,1H3;1-2H3. The minimum absolute atomic E-state index is 0.171. The van der Waals surface area contributed by atoms with E-state index in [1.54, 1.807) is 0 Å². The number of fused-ring (bicyclic) bond motifs is 1. The van der Waals surface area contributed by atoms with E-state index in [-0.39, 0.29) is 6.10 Å². The van der Waals surface area contributed by atoms with Crippen LogP contribution in [0.3, 0.4) is 0 Å². The van der Waals surface area contributed by atoms with Crippen LogP contribution in [0.2, 0.25) is 0 Å². The Hall–Kier alpha value is -1.18. The predicted molar refractivity (Wildman–Crippen MR) is 53.4 cm³/mol. The first kappa shape index (κ1) is 9.90. The summed E-state index contributed by atoms with van der Waals surface area (Å²) in [6.45, 7) is 6.65. The van der Waals surface area contributed by atoms with Crippen molar-refractivity contribution in [3.8, 4) is 11.5 Å². The molecule has 0 saturated heterocycles. The van der Waals surface area contributed by atoms with Crippen LogP contribution in [0.25, 0.3) is 0 Å². The SMILES string of the molecule is CC.CC1COc2ccccc2O1. The highest BCUT2D eigenvalue weighted by molar-refractivity contribution is 5.40. The van der Waals surface area contributed by atoms with E-state index in [0.717, 1.165) is 11.5 Å². The van der Waals surface area contributed by atoms with Crippen molar-refractivity contribution in [3.05, 3.63) is 24.3 Å². The first-order valence-corrected chi connectivity index (χ1v) is 4.75. The largest absolute Gasteiger partial charge is 0.486 e. The smallest absolute Gasteiger partial charge is 0.161 e. The number of para-hydroxylation sites is 2. The first-order chi connectivity index (χ1) is 6.36. The first-order valence-electron chi connectivity index (χ1n) is 4.75. The molecule has 1 aromatic carbocycles. The molecule has 1 aliphatic rings. The van der Waals surface area contributed by atoms with Crippen LogP contribution >= 0.6 is 0 Å². The maximum absolute atomic E-state index is 5.51. The van der Waals surface area contributed by atoms with Crippen molar-refractivity contribution in [1.29, 1.82) is 0 Å². The molecule has 0 N–H and O–H groups in total. The zero-order valence-corrected chi connectivity index (χ0v) is 8.41. The van der Waals surface area contributed by atoms with Gasteiger partial charge in [0.25, 0.3) is 0 Å². The van der Waals surface area contributed by atoms with E-state index in [4.69, 9.17) is 9.47 Å². The molecule has 1 unspecified atom stereocenters. The fourth-order valence-corrected chi connectivity index (χ4v) is 1.12. The number of ether oxygens (including phenoxy) is 2. The number of hydrogen-bond donors (Lipinski definition) is 0. The maximum Gasteiger partial charge on any atom is 0.161 e. The second kappa shape index (κ2) is 4.75. The highest BCUT2D eigenvalue weighted by Crippen LogP contribution is 2.30. The minimum Gasteiger partial charge on any atom is -0.486 e. The van der Waals surface area contributed by atoms with Gasteiger partial charge in [-0.05, 0) is 19.1 Å². The van der Waals surface area contributed by atoms with Gasteiger partial charge in [0, 0.05) is 0 Å². The molecule has 0 bridgehead atoms. The molecule has 72 valence electrons. The van der Waals surface area contributed by atoms with Gasteiger partial charge < -0.3 is 9.47 Å². The van der Waals surface area contributed by atoms with Gasteiger partial charge in [-0.3, -0.25) is 0 Å². The van der Waals surface area contributed by atoms with Gasteiger partial charge in [0.05, 0.1) is 0 Å². The van der Waals surface area contributed by atoms with Gasteiger partial charge in [-0.2, -0.15) is 0 Å². The Kier molecular flexibility index (Phi) is 3.62. The van der Waals surface area contributed by atoms with Crippen molar-refractivity contribution in [2.45, 2.75) is 26.9 Å². The Balaban J connectivity index is 0.000000396. The monoisotopic (exact) mass is 180 g/mol. The van der Waals surface area contributed by atoms with Gasteiger partial charge in [-0.1, -0.05) is 26.0 Å². The Bertz CT molecular complexity index is 258. The fraction of sp³-hybridized carbons (Fsp3) is 0.455. The van der Waals surface area contributed by atoms with Crippen LogP contribution in [0.15, 0.2) is 24.3 Å². The minimum atomic E-state index is 0.171. The lowest BCUT2D eigenvalue weighted by Gasteiger charge is -2.23. The summed E-state index contributed by atoms with van der Waals surface area (Å²) in [5.41, 5.74) is 0. The molecular formula is C11H16O2. The van der Waals surface area contributed by atoms with Gasteiger partial charge in [0.1, 0.15) is 12.7 Å². The second-order valence-electron chi connectivity index (χ2n) is 2.69. The average molecular weight is 180 g/mol. The molecule has 1 heterocycles. The summed E-state index contributed by atoms with van der Waals surface area (Å²) in [6.07, 6.45) is 0.171. The van der Waals surface area contributed by atoms with E-state index in [0.29, 0.717) is 6.61 Å². The van der Waals surface area contributed by atoms with E-state index in [9.17, 15) is 0 Å². The van der Waals surface area contributed by atoms with Crippen molar-refractivity contribution in [2.75, 3.05) is 6.61 Å². The molecule has 2 rings (SSSR count). The van der Waals surface area contributed by atoms with E-state index < -0.39 is 0 Å². The lowest BCUT2D eigenvalue weighted by atomic mass is 10.3. The van der Waals surface area contributed by atoms with Crippen LogP contribution in [-0.4, -0.2) is 12.7 Å². The number of hydrogen-bond acceptors (Lipinski definition) is 2. The predicted octanol–water partition coefficient (Wildman–Crippen LogP) is 2.87. The molecule has 13 heavy (non-hydrogen) atoms. The fourth-order valence-electron chi connectivity index (χ4n) is 1.12. The van der Waals surface area contributed by atoms with Crippen LogP contribution in [-0.2, 0) is 0 Å².